The van der Waals surface area contributed by atoms with Crippen LogP contribution >= 0.6 is 0 Å². The number of carbonyl (C=O) groups excluding carboxylic acids is 2. The van der Waals surface area contributed by atoms with E-state index in [9.17, 15) is 22.8 Å². The fourth-order valence-corrected chi connectivity index (χ4v) is 3.72. The fraction of sp³-hybridized carbons (Fsp3) is 0.600. The van der Waals surface area contributed by atoms with Crippen molar-refractivity contribution in [2.45, 2.75) is 51.0 Å². The summed E-state index contributed by atoms with van der Waals surface area (Å²) in [4.78, 5) is 25.7. The number of carbonyl (C=O) groups is 2. The van der Waals surface area contributed by atoms with Gasteiger partial charge in [-0.2, -0.15) is 0 Å². The molecule has 1 amide bonds. The average Bonchev–Trinajstić information content (AvgIpc) is 3.49. The molecule has 0 radical (unpaired) electrons. The molecule has 1 aliphatic carbocycles. The fourth-order valence-electron chi connectivity index (χ4n) is 3.72. The van der Waals surface area contributed by atoms with Crippen molar-refractivity contribution in [2.75, 3.05) is 13.1 Å². The van der Waals surface area contributed by atoms with Crippen LogP contribution in [0.5, 0.6) is 0 Å². The highest BCUT2D eigenvalue weighted by Gasteiger charge is 2.31. The van der Waals surface area contributed by atoms with Gasteiger partial charge in [0.1, 0.15) is 11.6 Å². The number of benzene rings is 1. The third-order valence-electron chi connectivity index (χ3n) is 5.66. The zero-order valence-corrected chi connectivity index (χ0v) is 15.2. The first kappa shape index (κ1) is 19.9. The lowest BCUT2D eigenvalue weighted by Gasteiger charge is -2.35. The number of hydrogen-bond donors (Lipinski definition) is 1. The van der Waals surface area contributed by atoms with Crippen molar-refractivity contribution in [1.82, 2.24) is 4.90 Å². The highest BCUT2D eigenvalue weighted by atomic mass is 19.2. The first-order valence-corrected chi connectivity index (χ1v) is 9.54. The lowest BCUT2D eigenvalue weighted by molar-refractivity contribution is -0.134. The molecule has 0 bridgehead atoms. The van der Waals surface area contributed by atoms with E-state index in [1.165, 1.54) is 0 Å². The molecule has 1 aromatic rings. The van der Waals surface area contributed by atoms with Crippen LogP contribution < -0.4 is 5.73 Å². The van der Waals surface area contributed by atoms with Crippen molar-refractivity contribution in [1.29, 1.82) is 0 Å². The molecular formula is C20H25F3N2O2. The number of hydrogen-bond acceptors (Lipinski definition) is 3. The van der Waals surface area contributed by atoms with Gasteiger partial charge in [0.15, 0.2) is 11.6 Å². The van der Waals surface area contributed by atoms with E-state index in [4.69, 9.17) is 5.73 Å². The maximum atomic E-state index is 13.8. The number of ketones is 1. The Morgan fingerprint density at radius 3 is 2.26 bits per heavy atom. The Labute approximate surface area is 156 Å². The zero-order chi connectivity index (χ0) is 19.6. The highest BCUT2D eigenvalue weighted by molar-refractivity contribution is 5.87. The Balaban J connectivity index is 1.46. The number of nitrogens with zero attached hydrogens (tertiary/aromatic N) is 1. The van der Waals surface area contributed by atoms with E-state index < -0.39 is 23.5 Å². The molecule has 1 aromatic carbocycles. The molecule has 2 N–H and O–H groups in total. The smallest absolute Gasteiger partial charge is 0.223 e. The molecular weight excluding hydrogens is 357 g/mol. The minimum absolute atomic E-state index is 0.0114. The van der Waals surface area contributed by atoms with Gasteiger partial charge < -0.3 is 10.6 Å². The van der Waals surface area contributed by atoms with Gasteiger partial charge in [0.05, 0.1) is 0 Å². The molecule has 1 atom stereocenters. The summed E-state index contributed by atoms with van der Waals surface area (Å²) in [5, 5.41) is 0. The van der Waals surface area contributed by atoms with E-state index in [-0.39, 0.29) is 41.9 Å². The molecule has 2 aliphatic rings. The quantitative estimate of drug-likeness (QED) is 0.738. The van der Waals surface area contributed by atoms with Gasteiger partial charge in [-0.15, -0.1) is 0 Å². The predicted molar refractivity (Wildman–Crippen MR) is 94.3 cm³/mol. The van der Waals surface area contributed by atoms with Crippen molar-refractivity contribution in [3.05, 3.63) is 35.1 Å². The molecule has 148 valence electrons. The first-order valence-electron chi connectivity index (χ1n) is 9.54. The summed E-state index contributed by atoms with van der Waals surface area (Å²) in [5.41, 5.74) is 6.23. The van der Waals surface area contributed by atoms with Crippen LogP contribution in [-0.2, 0) is 16.0 Å². The second-order valence-corrected chi connectivity index (χ2v) is 7.68. The molecule has 3 rings (SSSR count). The molecule has 1 saturated heterocycles. The number of nitrogens with two attached hydrogens (primary N) is 1. The summed E-state index contributed by atoms with van der Waals surface area (Å²) in [7, 11) is 0. The zero-order valence-electron chi connectivity index (χ0n) is 15.2. The van der Waals surface area contributed by atoms with Crippen molar-refractivity contribution in [2.24, 2.45) is 17.6 Å². The number of halogens is 3. The summed E-state index contributed by atoms with van der Waals surface area (Å²) < 4.78 is 40.1. The Bertz CT molecular complexity index is 713. The lowest BCUT2D eigenvalue weighted by atomic mass is 9.86. The Kier molecular flexibility index (Phi) is 6.19. The van der Waals surface area contributed by atoms with E-state index in [2.05, 4.69) is 0 Å². The van der Waals surface area contributed by atoms with Gasteiger partial charge in [-0.3, -0.25) is 9.59 Å². The SMILES string of the molecule is N[C@H](Cc1cc(F)c(F)cc1F)C1CCN(C(=O)CCC(=O)C2CC2)CC1. The molecule has 7 heteroatoms. The van der Waals surface area contributed by atoms with Gasteiger partial charge in [0, 0.05) is 44.0 Å². The second-order valence-electron chi connectivity index (χ2n) is 7.68. The molecule has 2 fully saturated rings. The summed E-state index contributed by atoms with van der Waals surface area (Å²) in [6.45, 7) is 1.10. The van der Waals surface area contributed by atoms with Crippen LogP contribution in [0, 0.1) is 29.3 Å². The van der Waals surface area contributed by atoms with Crippen molar-refractivity contribution in [3.63, 3.8) is 0 Å². The third-order valence-corrected chi connectivity index (χ3v) is 5.66. The summed E-state index contributed by atoms with van der Waals surface area (Å²) in [5.74, 6) is -2.65. The summed E-state index contributed by atoms with van der Waals surface area (Å²) in [6, 6.07) is 1.01. The Hall–Kier alpha value is -1.89. The van der Waals surface area contributed by atoms with Gasteiger partial charge in [-0.25, -0.2) is 13.2 Å². The Morgan fingerprint density at radius 2 is 1.63 bits per heavy atom. The second kappa shape index (κ2) is 8.42. The van der Waals surface area contributed by atoms with E-state index >= 15 is 0 Å². The van der Waals surface area contributed by atoms with E-state index in [0.717, 1.165) is 18.9 Å². The van der Waals surface area contributed by atoms with Crippen molar-refractivity contribution in [3.8, 4) is 0 Å². The normalized spacial score (nSPS) is 19.2. The molecule has 1 heterocycles. The average molecular weight is 382 g/mol. The minimum atomic E-state index is -1.21. The molecule has 4 nitrogen and oxygen atoms in total. The van der Waals surface area contributed by atoms with Crippen molar-refractivity contribution < 1.29 is 22.8 Å². The standard InChI is InChI=1S/C20H25F3N2O2/c21-15-11-17(23)16(22)9-14(15)10-18(24)12-5-7-25(8-6-12)20(27)4-3-19(26)13-1-2-13/h9,11-13,18H,1-8,10,24H2/t18-/m1/s1. The predicted octanol–water partition coefficient (Wildman–Crippen LogP) is 2.97. The van der Waals surface area contributed by atoms with E-state index in [1.54, 1.807) is 4.90 Å². The summed E-state index contributed by atoms with van der Waals surface area (Å²) in [6.07, 6.45) is 3.95. The molecule has 1 aliphatic heterocycles. The van der Waals surface area contributed by atoms with Crippen LogP contribution in [-0.4, -0.2) is 35.7 Å². The monoisotopic (exact) mass is 382 g/mol. The maximum Gasteiger partial charge on any atom is 0.223 e. The number of piperidine rings is 1. The first-order chi connectivity index (χ1) is 12.8. The van der Waals surface area contributed by atoms with Crippen LogP contribution in [0.4, 0.5) is 13.2 Å². The van der Waals surface area contributed by atoms with Crippen LogP contribution in [0.1, 0.15) is 44.1 Å². The van der Waals surface area contributed by atoms with Crippen LogP contribution in [0.2, 0.25) is 0 Å². The van der Waals surface area contributed by atoms with Crippen LogP contribution in [0.3, 0.4) is 0 Å². The van der Waals surface area contributed by atoms with Crippen LogP contribution in [0.25, 0.3) is 0 Å². The lowest BCUT2D eigenvalue weighted by Crippen LogP contribution is -2.44. The van der Waals surface area contributed by atoms with Gasteiger partial charge in [-0.1, -0.05) is 0 Å². The molecule has 0 aromatic heterocycles. The minimum Gasteiger partial charge on any atom is -0.343 e. The maximum absolute atomic E-state index is 13.8. The van der Waals surface area contributed by atoms with Gasteiger partial charge in [0.25, 0.3) is 0 Å². The van der Waals surface area contributed by atoms with Gasteiger partial charge in [0.2, 0.25) is 5.91 Å². The number of amides is 1. The molecule has 1 saturated carbocycles. The number of rotatable bonds is 7. The van der Waals surface area contributed by atoms with E-state index in [1.807, 2.05) is 0 Å². The topological polar surface area (TPSA) is 63.4 Å². The molecule has 0 spiro atoms. The summed E-state index contributed by atoms with van der Waals surface area (Å²) >= 11 is 0. The third kappa shape index (κ3) is 5.09. The number of likely N-dealkylation sites (tertiary alicyclic amines) is 1. The van der Waals surface area contributed by atoms with Gasteiger partial charge >= 0.3 is 0 Å². The van der Waals surface area contributed by atoms with Gasteiger partial charge in [-0.05, 0) is 49.7 Å². The van der Waals surface area contributed by atoms with Crippen LogP contribution in [0.15, 0.2) is 12.1 Å². The largest absolute Gasteiger partial charge is 0.343 e. The molecule has 27 heavy (non-hydrogen) atoms. The number of Topliss-reactive ketones (excluding diaryl/α,β-unsaturated/α-hetero) is 1. The highest BCUT2D eigenvalue weighted by Crippen LogP contribution is 2.31. The molecule has 0 unspecified atom stereocenters. The van der Waals surface area contributed by atoms with Crippen molar-refractivity contribution >= 4 is 11.7 Å². The van der Waals surface area contributed by atoms with E-state index in [0.29, 0.717) is 38.4 Å². The Morgan fingerprint density at radius 1 is 1.00 bits per heavy atom.